The number of rotatable bonds is 4. The first-order chi connectivity index (χ1) is 16.6. The summed E-state index contributed by atoms with van der Waals surface area (Å²) in [4.78, 5) is 9.36. The largest absolute Gasteiger partial charge is 0.507 e. The molecule has 0 amide bonds. The van der Waals surface area contributed by atoms with Gasteiger partial charge in [-0.2, -0.15) is 0 Å². The van der Waals surface area contributed by atoms with Crippen LogP contribution in [-0.4, -0.2) is 22.6 Å². The van der Waals surface area contributed by atoms with Crippen LogP contribution in [0.15, 0.2) is 64.6 Å². The van der Waals surface area contributed by atoms with E-state index in [1.165, 1.54) is 0 Å². The van der Waals surface area contributed by atoms with Crippen LogP contribution in [0.1, 0.15) is 90.1 Å². The number of aromatic hydroxyl groups is 2. The summed E-state index contributed by atoms with van der Waals surface area (Å²) >= 11 is 0. The van der Waals surface area contributed by atoms with E-state index in [-0.39, 0.29) is 27.7 Å². The second-order valence-electron chi connectivity index (χ2n) is 12.5. The van der Waals surface area contributed by atoms with Gasteiger partial charge in [-0.15, -0.1) is 0 Å². The number of phenols is 2. The molecule has 0 radical (unpaired) electrons. The Morgan fingerprint density at radius 2 is 1.06 bits per heavy atom. The van der Waals surface area contributed by atoms with Crippen LogP contribution in [0.4, 0.5) is 11.4 Å². The minimum atomic E-state index is -0.209. The van der Waals surface area contributed by atoms with E-state index < -0.39 is 0 Å². The smallest absolute Gasteiger partial charge is 0.128 e. The molecule has 0 spiro atoms. The normalized spacial score (nSPS) is 13.1. The molecule has 3 aromatic carbocycles. The zero-order chi connectivity index (χ0) is 26.9. The first kappa shape index (κ1) is 27.2. The molecule has 0 aliphatic rings. The van der Waals surface area contributed by atoms with Crippen molar-refractivity contribution in [1.29, 1.82) is 0 Å². The van der Waals surface area contributed by atoms with Gasteiger partial charge in [-0.05, 0) is 51.6 Å². The lowest BCUT2D eigenvalue weighted by Gasteiger charge is -2.27. The van der Waals surface area contributed by atoms with Crippen molar-refractivity contribution < 1.29 is 10.2 Å². The van der Waals surface area contributed by atoms with Crippen LogP contribution in [0, 0.1) is 0 Å². The lowest BCUT2D eigenvalue weighted by Crippen LogP contribution is -2.17. The molecule has 0 unspecified atom stereocenters. The standard InChI is InChI=1S/C32H40N2O2/c1-30(2,3)23-17-22(29(36)25(18-23)32(7,8)9)20-34-27-16-11-10-15-26(27)33-19-21-13-12-14-24(28(21)35)31(4,5)6/h10-20,35-36H,1-9H3. The van der Waals surface area contributed by atoms with Crippen LogP contribution < -0.4 is 0 Å². The van der Waals surface area contributed by atoms with E-state index in [1.807, 2.05) is 48.5 Å². The quantitative estimate of drug-likeness (QED) is 0.365. The van der Waals surface area contributed by atoms with Gasteiger partial charge in [0.1, 0.15) is 11.5 Å². The van der Waals surface area contributed by atoms with Crippen LogP contribution in [0.5, 0.6) is 11.5 Å². The maximum absolute atomic E-state index is 11.1. The summed E-state index contributed by atoms with van der Waals surface area (Å²) < 4.78 is 0. The third-order valence-corrected chi connectivity index (χ3v) is 6.26. The Morgan fingerprint density at radius 1 is 0.556 bits per heavy atom. The van der Waals surface area contributed by atoms with Gasteiger partial charge in [-0.3, -0.25) is 9.98 Å². The predicted octanol–water partition coefficient (Wildman–Crippen LogP) is 8.49. The molecular formula is C32H40N2O2. The SMILES string of the molecule is CC(C)(C)c1cc(C=Nc2ccccc2N=Cc2cccc(C(C)(C)C)c2O)c(O)c(C(C)(C)C)c1. The number of hydrogen-bond acceptors (Lipinski definition) is 4. The molecule has 4 heteroatoms. The fourth-order valence-corrected chi connectivity index (χ4v) is 3.99. The van der Waals surface area contributed by atoms with Crippen molar-refractivity contribution in [3.05, 3.63) is 82.4 Å². The van der Waals surface area contributed by atoms with Gasteiger partial charge < -0.3 is 10.2 Å². The summed E-state index contributed by atoms with van der Waals surface area (Å²) in [5, 5.41) is 21.9. The summed E-state index contributed by atoms with van der Waals surface area (Å²) in [7, 11) is 0. The Labute approximate surface area is 216 Å². The van der Waals surface area contributed by atoms with Gasteiger partial charge >= 0.3 is 0 Å². The average Bonchev–Trinajstić information content (AvgIpc) is 2.76. The highest BCUT2D eigenvalue weighted by molar-refractivity contribution is 5.90. The molecule has 0 atom stereocenters. The first-order valence-electron chi connectivity index (χ1n) is 12.5. The lowest BCUT2D eigenvalue weighted by molar-refractivity contribution is 0.443. The van der Waals surface area contributed by atoms with Crippen molar-refractivity contribution in [2.45, 2.75) is 78.6 Å². The van der Waals surface area contributed by atoms with Gasteiger partial charge in [0.25, 0.3) is 0 Å². The number of hydrogen-bond donors (Lipinski definition) is 2. The molecule has 0 saturated heterocycles. The summed E-state index contributed by atoms with van der Waals surface area (Å²) in [6.45, 7) is 19.0. The third-order valence-electron chi connectivity index (χ3n) is 6.26. The molecule has 0 aliphatic carbocycles. The molecule has 36 heavy (non-hydrogen) atoms. The van der Waals surface area contributed by atoms with Gasteiger partial charge in [-0.1, -0.05) is 92.6 Å². The van der Waals surface area contributed by atoms with Gasteiger partial charge in [0, 0.05) is 29.1 Å². The highest BCUT2D eigenvalue weighted by atomic mass is 16.3. The molecule has 0 fully saturated rings. The fourth-order valence-electron chi connectivity index (χ4n) is 3.99. The molecule has 0 aromatic heterocycles. The van der Waals surface area contributed by atoms with Crippen LogP contribution in [0.2, 0.25) is 0 Å². The Hall–Kier alpha value is -3.40. The van der Waals surface area contributed by atoms with Crippen molar-refractivity contribution >= 4 is 23.8 Å². The molecular weight excluding hydrogens is 444 g/mol. The van der Waals surface area contributed by atoms with Gasteiger partial charge in [0.2, 0.25) is 0 Å². The number of aliphatic imine (C=N–C) groups is 2. The van der Waals surface area contributed by atoms with Gasteiger partial charge in [0.05, 0.1) is 11.4 Å². The molecule has 0 saturated carbocycles. The van der Waals surface area contributed by atoms with E-state index in [4.69, 9.17) is 4.99 Å². The molecule has 190 valence electrons. The summed E-state index contributed by atoms with van der Waals surface area (Å²) in [5.41, 5.74) is 5.17. The molecule has 0 heterocycles. The van der Waals surface area contributed by atoms with Gasteiger partial charge in [-0.25, -0.2) is 0 Å². The average molecular weight is 485 g/mol. The predicted molar refractivity (Wildman–Crippen MR) is 153 cm³/mol. The van der Waals surface area contributed by atoms with Crippen LogP contribution in [0.3, 0.4) is 0 Å². The van der Waals surface area contributed by atoms with E-state index in [9.17, 15) is 10.2 Å². The Morgan fingerprint density at radius 3 is 1.56 bits per heavy atom. The van der Waals surface area contributed by atoms with E-state index >= 15 is 0 Å². The van der Waals surface area contributed by atoms with Crippen LogP contribution in [0.25, 0.3) is 0 Å². The van der Waals surface area contributed by atoms with E-state index in [0.29, 0.717) is 22.5 Å². The van der Waals surface area contributed by atoms with Crippen molar-refractivity contribution in [3.8, 4) is 11.5 Å². The fraction of sp³-hybridized carbons (Fsp3) is 0.375. The van der Waals surface area contributed by atoms with E-state index in [0.717, 1.165) is 16.7 Å². The zero-order valence-electron chi connectivity index (χ0n) is 23.1. The van der Waals surface area contributed by atoms with Crippen LogP contribution in [-0.2, 0) is 16.2 Å². The van der Waals surface area contributed by atoms with Crippen molar-refractivity contribution in [2.75, 3.05) is 0 Å². The molecule has 2 N–H and O–H groups in total. The van der Waals surface area contributed by atoms with Crippen molar-refractivity contribution in [3.63, 3.8) is 0 Å². The highest BCUT2D eigenvalue weighted by Gasteiger charge is 2.24. The molecule has 4 nitrogen and oxygen atoms in total. The maximum atomic E-state index is 11.1. The van der Waals surface area contributed by atoms with Crippen LogP contribution >= 0.6 is 0 Å². The zero-order valence-corrected chi connectivity index (χ0v) is 23.1. The molecule has 3 rings (SSSR count). The second kappa shape index (κ2) is 9.93. The summed E-state index contributed by atoms with van der Waals surface area (Å²) in [6, 6.07) is 17.4. The Balaban J connectivity index is 2.03. The monoisotopic (exact) mass is 484 g/mol. The lowest BCUT2D eigenvalue weighted by atomic mass is 9.79. The summed E-state index contributed by atoms with van der Waals surface area (Å²) in [6.07, 6.45) is 3.39. The van der Waals surface area contributed by atoms with E-state index in [1.54, 1.807) is 12.4 Å². The first-order valence-corrected chi connectivity index (χ1v) is 12.5. The molecule has 3 aromatic rings. The third kappa shape index (κ3) is 6.23. The van der Waals surface area contributed by atoms with E-state index in [2.05, 4.69) is 73.4 Å². The number of nitrogens with zero attached hydrogens (tertiary/aromatic N) is 2. The number of benzene rings is 3. The number of para-hydroxylation sites is 3. The Kier molecular flexibility index (Phi) is 7.50. The van der Waals surface area contributed by atoms with Gasteiger partial charge in [0.15, 0.2) is 0 Å². The molecule has 0 aliphatic heterocycles. The summed E-state index contributed by atoms with van der Waals surface area (Å²) in [5.74, 6) is 0.498. The topological polar surface area (TPSA) is 65.2 Å². The minimum absolute atomic E-state index is 0.0674. The van der Waals surface area contributed by atoms with Crippen molar-refractivity contribution in [1.82, 2.24) is 0 Å². The maximum Gasteiger partial charge on any atom is 0.128 e. The number of phenolic OH excluding ortho intramolecular Hbond substituents is 2. The Bertz CT molecular complexity index is 1300. The van der Waals surface area contributed by atoms with Crippen molar-refractivity contribution in [2.24, 2.45) is 9.98 Å². The minimum Gasteiger partial charge on any atom is -0.507 e. The molecule has 0 bridgehead atoms. The highest BCUT2D eigenvalue weighted by Crippen LogP contribution is 2.38. The second-order valence-corrected chi connectivity index (χ2v) is 12.5.